The molecule has 0 aliphatic rings. The predicted octanol–water partition coefficient (Wildman–Crippen LogP) is 2.38. The van der Waals surface area contributed by atoms with E-state index in [1.54, 1.807) is 24.3 Å². The number of halogens is 2. The molecule has 0 saturated carbocycles. The molecule has 2 aromatic carbocycles. The summed E-state index contributed by atoms with van der Waals surface area (Å²) >= 11 is 5.54. The monoisotopic (exact) mass is 426 g/mol. The standard InChI is InChI=1S/C19H20ClFN2O4S/c1-12-3-9-15(10-4-12)28(26)23-17(13-5-7-14(21)8-6-13)18(19(25)27-2)22-16(24)11-20/h3-10,17-18,23H,11H2,1-2H3,(H,22,24)/t17-,18+,28+/m1/s1. The number of esters is 1. The molecule has 0 aliphatic carbocycles. The van der Waals surface area contributed by atoms with Crippen molar-refractivity contribution in [3.05, 3.63) is 65.5 Å². The van der Waals surface area contributed by atoms with E-state index in [0.29, 0.717) is 10.5 Å². The molecule has 6 nitrogen and oxygen atoms in total. The third-order valence-corrected chi connectivity index (χ3v) is 5.34. The summed E-state index contributed by atoms with van der Waals surface area (Å²) in [5.74, 6) is -2.21. The van der Waals surface area contributed by atoms with Gasteiger partial charge in [0, 0.05) is 0 Å². The smallest absolute Gasteiger partial charge is 0.330 e. The van der Waals surface area contributed by atoms with Gasteiger partial charge in [0.05, 0.1) is 18.0 Å². The number of hydrogen-bond donors (Lipinski definition) is 2. The van der Waals surface area contributed by atoms with Gasteiger partial charge in [0.25, 0.3) is 0 Å². The number of carbonyl (C=O) groups excluding carboxylic acids is 2. The van der Waals surface area contributed by atoms with E-state index in [9.17, 15) is 18.2 Å². The number of alkyl halides is 1. The van der Waals surface area contributed by atoms with Crippen molar-refractivity contribution in [1.29, 1.82) is 0 Å². The lowest BCUT2D eigenvalue weighted by molar-refractivity contribution is -0.145. The zero-order chi connectivity index (χ0) is 20.7. The molecule has 1 amide bonds. The number of carbonyl (C=O) groups is 2. The van der Waals surface area contributed by atoms with Crippen LogP contribution in [0.15, 0.2) is 53.4 Å². The Morgan fingerprint density at radius 3 is 2.29 bits per heavy atom. The Morgan fingerprint density at radius 2 is 1.75 bits per heavy atom. The van der Waals surface area contributed by atoms with Crippen LogP contribution >= 0.6 is 11.6 Å². The lowest BCUT2D eigenvalue weighted by Gasteiger charge is -2.27. The number of methoxy groups -OCH3 is 1. The van der Waals surface area contributed by atoms with E-state index in [4.69, 9.17) is 16.3 Å². The first-order chi connectivity index (χ1) is 13.3. The normalized spacial score (nSPS) is 14.0. The number of amides is 1. The number of aryl methyl sites for hydroxylation is 1. The molecule has 0 aliphatic heterocycles. The molecular weight excluding hydrogens is 407 g/mol. The fraction of sp³-hybridized carbons (Fsp3) is 0.263. The van der Waals surface area contributed by atoms with Crippen LogP contribution in [-0.2, 0) is 25.3 Å². The fourth-order valence-electron chi connectivity index (χ4n) is 2.46. The van der Waals surface area contributed by atoms with Crippen molar-refractivity contribution in [3.63, 3.8) is 0 Å². The molecule has 0 saturated heterocycles. The molecular formula is C19H20ClFN2O4S. The van der Waals surface area contributed by atoms with Crippen molar-refractivity contribution in [1.82, 2.24) is 10.0 Å². The van der Waals surface area contributed by atoms with E-state index in [1.165, 1.54) is 31.4 Å². The minimum absolute atomic E-state index is 0.370. The van der Waals surface area contributed by atoms with Crippen LogP contribution in [0.25, 0.3) is 0 Å². The van der Waals surface area contributed by atoms with Crippen LogP contribution in [-0.4, -0.2) is 35.1 Å². The van der Waals surface area contributed by atoms with Crippen molar-refractivity contribution in [2.45, 2.75) is 23.9 Å². The Hall–Kier alpha value is -2.29. The summed E-state index contributed by atoms with van der Waals surface area (Å²) in [6, 6.07) is 10.1. The van der Waals surface area contributed by atoms with E-state index in [-0.39, 0.29) is 5.88 Å². The lowest BCUT2D eigenvalue weighted by atomic mass is 10.00. The summed E-state index contributed by atoms with van der Waals surface area (Å²) in [4.78, 5) is 24.6. The average Bonchev–Trinajstić information content (AvgIpc) is 2.70. The zero-order valence-corrected chi connectivity index (χ0v) is 16.9. The van der Waals surface area contributed by atoms with Gasteiger partial charge < -0.3 is 10.1 Å². The second kappa shape index (κ2) is 10.3. The Labute approximate surface area is 170 Å². The highest BCUT2D eigenvalue weighted by molar-refractivity contribution is 7.83. The highest BCUT2D eigenvalue weighted by atomic mass is 35.5. The molecule has 0 heterocycles. The van der Waals surface area contributed by atoms with Gasteiger partial charge in [-0.3, -0.25) is 4.79 Å². The van der Waals surface area contributed by atoms with Crippen LogP contribution in [0, 0.1) is 12.7 Å². The molecule has 0 aromatic heterocycles. The first-order valence-electron chi connectivity index (χ1n) is 8.29. The van der Waals surface area contributed by atoms with Crippen molar-refractivity contribution in [3.8, 4) is 0 Å². The molecule has 2 rings (SSSR count). The molecule has 0 fully saturated rings. The van der Waals surface area contributed by atoms with E-state index in [0.717, 1.165) is 5.56 Å². The van der Waals surface area contributed by atoms with E-state index < -0.39 is 40.8 Å². The summed E-state index contributed by atoms with van der Waals surface area (Å²) in [5, 5.41) is 2.46. The molecule has 0 unspecified atom stereocenters. The maximum atomic E-state index is 13.3. The fourth-order valence-corrected chi connectivity index (χ4v) is 3.56. The summed E-state index contributed by atoms with van der Waals surface area (Å²) in [5.41, 5.74) is 1.43. The second-order valence-corrected chi connectivity index (χ2v) is 7.44. The Morgan fingerprint density at radius 1 is 1.14 bits per heavy atom. The first kappa shape index (κ1) is 22.0. The maximum Gasteiger partial charge on any atom is 0.330 e. The highest BCUT2D eigenvalue weighted by Crippen LogP contribution is 2.21. The van der Waals surface area contributed by atoms with Gasteiger partial charge in [-0.05, 0) is 36.8 Å². The minimum atomic E-state index is -1.72. The van der Waals surface area contributed by atoms with Crippen LogP contribution in [0.4, 0.5) is 4.39 Å². The van der Waals surface area contributed by atoms with Crippen molar-refractivity contribution in [2.24, 2.45) is 0 Å². The quantitative estimate of drug-likeness (QED) is 0.501. The summed E-state index contributed by atoms with van der Waals surface area (Å²) in [7, 11) is -0.552. The van der Waals surface area contributed by atoms with Crippen molar-refractivity contribution in [2.75, 3.05) is 13.0 Å². The Balaban J connectivity index is 2.40. The SMILES string of the molecule is COC(=O)[C@@H](NC(=O)CCl)[C@H](N[S@@](=O)c1ccc(C)cc1)c1ccc(F)cc1. The molecule has 2 N–H and O–H groups in total. The predicted molar refractivity (Wildman–Crippen MR) is 105 cm³/mol. The number of hydrogen-bond acceptors (Lipinski definition) is 4. The van der Waals surface area contributed by atoms with Gasteiger partial charge in [0.2, 0.25) is 5.91 Å². The topological polar surface area (TPSA) is 84.5 Å². The van der Waals surface area contributed by atoms with E-state index in [2.05, 4.69) is 10.0 Å². The summed E-state index contributed by atoms with van der Waals surface area (Å²) in [6.07, 6.45) is 0. The van der Waals surface area contributed by atoms with Gasteiger partial charge in [-0.2, -0.15) is 0 Å². The molecule has 28 heavy (non-hydrogen) atoms. The van der Waals surface area contributed by atoms with Crippen LogP contribution in [0.2, 0.25) is 0 Å². The number of ether oxygens (including phenoxy) is 1. The molecule has 0 bridgehead atoms. The number of nitrogens with one attached hydrogen (secondary N) is 2. The van der Waals surface area contributed by atoms with Gasteiger partial charge in [0.1, 0.15) is 28.7 Å². The Bertz CT molecular complexity index is 846. The van der Waals surface area contributed by atoms with Crippen LogP contribution in [0.3, 0.4) is 0 Å². The highest BCUT2D eigenvalue weighted by Gasteiger charge is 2.33. The van der Waals surface area contributed by atoms with E-state index >= 15 is 0 Å². The van der Waals surface area contributed by atoms with Gasteiger partial charge in [0.15, 0.2) is 0 Å². The maximum absolute atomic E-state index is 13.3. The molecule has 3 atom stereocenters. The van der Waals surface area contributed by atoms with Gasteiger partial charge in [-0.1, -0.05) is 29.8 Å². The molecule has 2 aromatic rings. The van der Waals surface area contributed by atoms with E-state index in [1.807, 2.05) is 6.92 Å². The van der Waals surface area contributed by atoms with Crippen molar-refractivity contribution >= 4 is 34.5 Å². The minimum Gasteiger partial charge on any atom is -0.467 e. The second-order valence-electron chi connectivity index (χ2n) is 5.93. The zero-order valence-electron chi connectivity index (χ0n) is 15.3. The first-order valence-corrected chi connectivity index (χ1v) is 9.97. The molecule has 0 spiro atoms. The summed E-state index contributed by atoms with van der Waals surface area (Å²) in [6.45, 7) is 1.90. The third-order valence-electron chi connectivity index (χ3n) is 3.92. The lowest BCUT2D eigenvalue weighted by Crippen LogP contribution is -2.50. The van der Waals surface area contributed by atoms with Crippen LogP contribution in [0.5, 0.6) is 0 Å². The summed E-state index contributed by atoms with van der Waals surface area (Å²) < 4.78 is 33.8. The average molecular weight is 427 g/mol. The van der Waals surface area contributed by atoms with Crippen LogP contribution < -0.4 is 10.0 Å². The van der Waals surface area contributed by atoms with Crippen LogP contribution in [0.1, 0.15) is 17.2 Å². The largest absolute Gasteiger partial charge is 0.467 e. The Kier molecular flexibility index (Phi) is 8.10. The molecule has 9 heteroatoms. The number of benzene rings is 2. The number of rotatable bonds is 8. The van der Waals surface area contributed by atoms with Gasteiger partial charge >= 0.3 is 5.97 Å². The van der Waals surface area contributed by atoms with Crippen molar-refractivity contribution < 1.29 is 22.9 Å². The van der Waals surface area contributed by atoms with Gasteiger partial charge in [-0.15, -0.1) is 11.6 Å². The molecule has 150 valence electrons. The van der Waals surface area contributed by atoms with Gasteiger partial charge in [-0.25, -0.2) is 18.1 Å². The third kappa shape index (κ3) is 5.85. The molecule has 0 radical (unpaired) electrons.